The van der Waals surface area contributed by atoms with Crippen LogP contribution < -0.4 is 5.32 Å². The summed E-state index contributed by atoms with van der Waals surface area (Å²) in [6.07, 6.45) is 1.85. The Morgan fingerprint density at radius 3 is 2.50 bits per heavy atom. The van der Waals surface area contributed by atoms with E-state index in [0.29, 0.717) is 22.7 Å². The first-order valence-electron chi connectivity index (χ1n) is 7.54. The van der Waals surface area contributed by atoms with Crippen molar-refractivity contribution in [3.05, 3.63) is 46.7 Å². The molecule has 0 aliphatic heterocycles. The highest BCUT2D eigenvalue weighted by Gasteiger charge is 2.24. The zero-order chi connectivity index (χ0) is 17.9. The molecule has 0 saturated heterocycles. The van der Waals surface area contributed by atoms with Crippen molar-refractivity contribution in [1.29, 1.82) is 0 Å². The van der Waals surface area contributed by atoms with Crippen molar-refractivity contribution in [1.82, 2.24) is 15.1 Å². The Balaban J connectivity index is 2.16. The van der Waals surface area contributed by atoms with Crippen molar-refractivity contribution in [3.63, 3.8) is 0 Å². The molecule has 0 aliphatic carbocycles. The van der Waals surface area contributed by atoms with Crippen LogP contribution in [0.25, 0.3) is 5.69 Å². The second-order valence-corrected chi connectivity index (χ2v) is 6.70. The van der Waals surface area contributed by atoms with Crippen LogP contribution in [0.3, 0.4) is 0 Å². The normalized spacial score (nSPS) is 11.3. The standard InChI is InChI=1S/C17H20ClN3O3/c1-11-14(16(24)20-17(2,3)9-8-15(22)23)10-19-21(11)13-6-4-12(18)5-7-13/h4-7,10H,8-9H2,1-3H3,(H,20,24)(H,22,23). The van der Waals surface area contributed by atoms with E-state index in [2.05, 4.69) is 10.4 Å². The molecule has 128 valence electrons. The lowest BCUT2D eigenvalue weighted by Crippen LogP contribution is -2.43. The predicted molar refractivity (Wildman–Crippen MR) is 91.7 cm³/mol. The lowest BCUT2D eigenvalue weighted by atomic mass is 9.98. The van der Waals surface area contributed by atoms with Gasteiger partial charge in [0.2, 0.25) is 0 Å². The number of benzene rings is 1. The highest BCUT2D eigenvalue weighted by molar-refractivity contribution is 6.30. The van der Waals surface area contributed by atoms with Crippen molar-refractivity contribution in [2.75, 3.05) is 0 Å². The summed E-state index contributed by atoms with van der Waals surface area (Å²) in [6.45, 7) is 5.40. The summed E-state index contributed by atoms with van der Waals surface area (Å²) in [5.41, 5.74) is 1.34. The number of nitrogens with one attached hydrogen (secondary N) is 1. The van der Waals surface area contributed by atoms with Gasteiger partial charge >= 0.3 is 5.97 Å². The van der Waals surface area contributed by atoms with Gasteiger partial charge in [-0.3, -0.25) is 9.59 Å². The molecule has 6 nitrogen and oxygen atoms in total. The van der Waals surface area contributed by atoms with E-state index in [1.54, 1.807) is 37.6 Å². The first kappa shape index (κ1) is 18.0. The molecule has 0 saturated carbocycles. The summed E-state index contributed by atoms with van der Waals surface area (Å²) in [6, 6.07) is 7.15. The topological polar surface area (TPSA) is 84.2 Å². The third-order valence-electron chi connectivity index (χ3n) is 3.74. The van der Waals surface area contributed by atoms with Gasteiger partial charge in [0.05, 0.1) is 23.1 Å². The van der Waals surface area contributed by atoms with Crippen molar-refractivity contribution >= 4 is 23.5 Å². The number of aliphatic carboxylic acids is 1. The molecule has 0 aliphatic rings. The SMILES string of the molecule is Cc1c(C(=O)NC(C)(C)CCC(=O)O)cnn1-c1ccc(Cl)cc1. The quantitative estimate of drug-likeness (QED) is 0.838. The monoisotopic (exact) mass is 349 g/mol. The van der Waals surface area contributed by atoms with E-state index in [0.717, 1.165) is 5.69 Å². The van der Waals surface area contributed by atoms with Crippen LogP contribution in [-0.2, 0) is 4.79 Å². The fourth-order valence-electron chi connectivity index (χ4n) is 2.33. The van der Waals surface area contributed by atoms with Crippen molar-refractivity contribution in [3.8, 4) is 5.69 Å². The van der Waals surface area contributed by atoms with Gasteiger partial charge in [0.1, 0.15) is 0 Å². The second-order valence-electron chi connectivity index (χ2n) is 6.26. The van der Waals surface area contributed by atoms with Crippen LogP contribution in [0.2, 0.25) is 5.02 Å². The van der Waals surface area contributed by atoms with Gasteiger partial charge in [-0.25, -0.2) is 4.68 Å². The molecule has 24 heavy (non-hydrogen) atoms. The molecule has 2 rings (SSSR count). The van der Waals surface area contributed by atoms with Gasteiger partial charge in [-0.15, -0.1) is 0 Å². The van der Waals surface area contributed by atoms with E-state index in [1.807, 2.05) is 12.1 Å². The number of carboxylic acid groups (broad SMARTS) is 1. The molecule has 1 amide bonds. The minimum Gasteiger partial charge on any atom is -0.481 e. The lowest BCUT2D eigenvalue weighted by molar-refractivity contribution is -0.137. The predicted octanol–water partition coefficient (Wildman–Crippen LogP) is 3.21. The van der Waals surface area contributed by atoms with Crippen molar-refractivity contribution in [2.24, 2.45) is 0 Å². The number of hydrogen-bond donors (Lipinski definition) is 2. The van der Waals surface area contributed by atoms with Gasteiger partial charge < -0.3 is 10.4 Å². The molecule has 2 aromatic rings. The number of carbonyl (C=O) groups is 2. The summed E-state index contributed by atoms with van der Waals surface area (Å²) >= 11 is 5.88. The maximum Gasteiger partial charge on any atom is 0.303 e. The van der Waals surface area contributed by atoms with Gasteiger partial charge in [0.15, 0.2) is 0 Å². The zero-order valence-corrected chi connectivity index (χ0v) is 14.6. The van der Waals surface area contributed by atoms with E-state index >= 15 is 0 Å². The van der Waals surface area contributed by atoms with Crippen molar-refractivity contribution in [2.45, 2.75) is 39.2 Å². The maximum atomic E-state index is 12.5. The fourth-order valence-corrected chi connectivity index (χ4v) is 2.46. The molecular formula is C17H20ClN3O3. The van der Waals surface area contributed by atoms with E-state index < -0.39 is 11.5 Å². The van der Waals surface area contributed by atoms with Crippen LogP contribution in [0.1, 0.15) is 42.7 Å². The smallest absolute Gasteiger partial charge is 0.303 e. The number of carbonyl (C=O) groups excluding carboxylic acids is 1. The van der Waals surface area contributed by atoms with Gasteiger partial charge in [0.25, 0.3) is 5.91 Å². The van der Waals surface area contributed by atoms with Crippen LogP contribution in [0.5, 0.6) is 0 Å². The first-order valence-corrected chi connectivity index (χ1v) is 7.92. The van der Waals surface area contributed by atoms with E-state index in [1.165, 1.54) is 6.20 Å². The average molecular weight is 350 g/mol. The molecule has 0 fully saturated rings. The molecule has 7 heteroatoms. The third kappa shape index (κ3) is 4.35. The van der Waals surface area contributed by atoms with Gasteiger partial charge in [-0.1, -0.05) is 11.6 Å². The largest absolute Gasteiger partial charge is 0.481 e. The van der Waals surface area contributed by atoms with Gasteiger partial charge in [-0.2, -0.15) is 5.10 Å². The number of nitrogens with zero attached hydrogens (tertiary/aromatic N) is 2. The highest BCUT2D eigenvalue weighted by atomic mass is 35.5. The van der Waals surface area contributed by atoms with Crippen LogP contribution in [0, 0.1) is 6.92 Å². The molecule has 1 heterocycles. The Labute approximate surface area is 145 Å². The maximum absolute atomic E-state index is 12.5. The number of rotatable bonds is 6. The zero-order valence-electron chi connectivity index (χ0n) is 13.8. The van der Waals surface area contributed by atoms with E-state index in [-0.39, 0.29) is 12.3 Å². The molecule has 0 atom stereocenters. The minimum absolute atomic E-state index is 0.00367. The summed E-state index contributed by atoms with van der Waals surface area (Å²) in [4.78, 5) is 23.2. The van der Waals surface area contributed by atoms with Gasteiger partial charge in [0, 0.05) is 17.0 Å². The van der Waals surface area contributed by atoms with Crippen LogP contribution in [-0.4, -0.2) is 32.3 Å². The molecule has 1 aromatic heterocycles. The van der Waals surface area contributed by atoms with Crippen LogP contribution in [0.15, 0.2) is 30.5 Å². The van der Waals surface area contributed by atoms with Gasteiger partial charge in [-0.05, 0) is 51.5 Å². The Morgan fingerprint density at radius 1 is 1.29 bits per heavy atom. The highest BCUT2D eigenvalue weighted by Crippen LogP contribution is 2.18. The Bertz CT molecular complexity index is 751. The molecule has 2 N–H and O–H groups in total. The molecular weight excluding hydrogens is 330 g/mol. The number of hydrogen-bond acceptors (Lipinski definition) is 3. The van der Waals surface area contributed by atoms with Crippen LogP contribution >= 0.6 is 11.6 Å². The molecule has 0 spiro atoms. The number of halogens is 1. The Hall–Kier alpha value is -2.34. The number of aromatic nitrogens is 2. The number of amides is 1. The molecule has 1 aromatic carbocycles. The summed E-state index contributed by atoms with van der Waals surface area (Å²) < 4.78 is 1.66. The third-order valence-corrected chi connectivity index (χ3v) is 3.99. The summed E-state index contributed by atoms with van der Waals surface area (Å²) in [7, 11) is 0. The second kappa shape index (κ2) is 7.05. The Kier molecular flexibility index (Phi) is 5.29. The first-order chi connectivity index (χ1) is 11.2. The van der Waals surface area contributed by atoms with E-state index in [4.69, 9.17) is 16.7 Å². The lowest BCUT2D eigenvalue weighted by Gasteiger charge is -2.25. The summed E-state index contributed by atoms with van der Waals surface area (Å²) in [5, 5.41) is 16.5. The average Bonchev–Trinajstić information content (AvgIpc) is 2.88. The molecule has 0 bridgehead atoms. The number of carboxylic acids is 1. The Morgan fingerprint density at radius 2 is 1.92 bits per heavy atom. The fraction of sp³-hybridized carbons (Fsp3) is 0.353. The van der Waals surface area contributed by atoms with Crippen LogP contribution in [0.4, 0.5) is 0 Å². The van der Waals surface area contributed by atoms with E-state index in [9.17, 15) is 9.59 Å². The minimum atomic E-state index is -0.885. The molecule has 0 radical (unpaired) electrons. The molecule has 0 unspecified atom stereocenters. The van der Waals surface area contributed by atoms with Crippen molar-refractivity contribution < 1.29 is 14.7 Å². The summed E-state index contributed by atoms with van der Waals surface area (Å²) in [5.74, 6) is -1.16.